The van der Waals surface area contributed by atoms with Crippen LogP contribution in [0.25, 0.3) is 0 Å². The van der Waals surface area contributed by atoms with Gasteiger partial charge in [-0.15, -0.1) is 0 Å². The molecule has 0 rings (SSSR count). The molecule has 0 bridgehead atoms. The standard InChI is InChI=1S/C8H18OSi/c1-7(2)6-8(9)10(3,4)5/h6,8-9H,1-5H3. The van der Waals surface area contributed by atoms with E-state index in [1.165, 1.54) is 5.57 Å². The van der Waals surface area contributed by atoms with Gasteiger partial charge >= 0.3 is 0 Å². The van der Waals surface area contributed by atoms with E-state index in [9.17, 15) is 5.11 Å². The molecule has 0 radical (unpaired) electrons. The van der Waals surface area contributed by atoms with E-state index in [2.05, 4.69) is 19.6 Å². The summed E-state index contributed by atoms with van der Waals surface area (Å²) in [5.74, 6) is 0. The van der Waals surface area contributed by atoms with E-state index in [1.54, 1.807) is 0 Å². The Hall–Kier alpha value is -0.0831. The van der Waals surface area contributed by atoms with Gasteiger partial charge in [-0.2, -0.15) is 0 Å². The van der Waals surface area contributed by atoms with Crippen LogP contribution < -0.4 is 0 Å². The van der Waals surface area contributed by atoms with Crippen molar-refractivity contribution in [1.29, 1.82) is 0 Å². The van der Waals surface area contributed by atoms with Gasteiger partial charge in [0.2, 0.25) is 0 Å². The highest BCUT2D eigenvalue weighted by molar-refractivity contribution is 6.77. The maximum absolute atomic E-state index is 9.54. The third kappa shape index (κ3) is 3.85. The van der Waals surface area contributed by atoms with Crippen LogP contribution in [-0.4, -0.2) is 18.9 Å². The van der Waals surface area contributed by atoms with Gasteiger partial charge in [0.15, 0.2) is 0 Å². The SMILES string of the molecule is CC(C)=CC(O)[Si](C)(C)C. The predicted octanol–water partition coefficient (Wildman–Crippen LogP) is 2.19. The number of aliphatic hydroxyl groups is 1. The van der Waals surface area contributed by atoms with E-state index in [0.717, 1.165) is 0 Å². The van der Waals surface area contributed by atoms with E-state index in [-0.39, 0.29) is 5.73 Å². The van der Waals surface area contributed by atoms with Crippen LogP contribution >= 0.6 is 0 Å². The molecule has 0 aliphatic rings. The highest BCUT2D eigenvalue weighted by Crippen LogP contribution is 2.09. The second-order valence-corrected chi connectivity index (χ2v) is 9.38. The highest BCUT2D eigenvalue weighted by atomic mass is 28.3. The van der Waals surface area contributed by atoms with Crippen molar-refractivity contribution >= 4 is 8.07 Å². The van der Waals surface area contributed by atoms with Gasteiger partial charge in [-0.25, -0.2) is 0 Å². The summed E-state index contributed by atoms with van der Waals surface area (Å²) in [6.45, 7) is 10.5. The molecule has 1 unspecified atom stereocenters. The Bertz CT molecular complexity index is 129. The van der Waals surface area contributed by atoms with Crippen molar-refractivity contribution in [3.63, 3.8) is 0 Å². The molecule has 0 saturated carbocycles. The van der Waals surface area contributed by atoms with Crippen LogP contribution in [0.5, 0.6) is 0 Å². The maximum Gasteiger partial charge on any atom is 0.0831 e. The molecule has 1 atom stereocenters. The van der Waals surface area contributed by atoms with Gasteiger partial charge in [-0.05, 0) is 13.8 Å². The molecule has 0 aliphatic heterocycles. The molecule has 0 amide bonds. The first-order valence-corrected chi connectivity index (χ1v) is 7.25. The minimum Gasteiger partial charge on any atom is -0.393 e. The van der Waals surface area contributed by atoms with Gasteiger partial charge in [0, 0.05) is 0 Å². The fourth-order valence-corrected chi connectivity index (χ4v) is 1.40. The Morgan fingerprint density at radius 1 is 1.30 bits per heavy atom. The number of hydrogen-bond donors (Lipinski definition) is 1. The zero-order valence-corrected chi connectivity index (χ0v) is 8.60. The van der Waals surface area contributed by atoms with Crippen LogP contribution in [0.1, 0.15) is 13.8 Å². The molecule has 1 N–H and O–H groups in total. The Morgan fingerprint density at radius 3 is 1.80 bits per heavy atom. The summed E-state index contributed by atoms with van der Waals surface area (Å²) in [4.78, 5) is 0. The third-order valence-corrected chi connectivity index (χ3v) is 3.32. The molecule has 0 aromatic heterocycles. The normalized spacial score (nSPS) is 14.6. The molecule has 2 heteroatoms. The van der Waals surface area contributed by atoms with Gasteiger partial charge in [-0.1, -0.05) is 31.3 Å². The van der Waals surface area contributed by atoms with E-state index >= 15 is 0 Å². The fraction of sp³-hybridized carbons (Fsp3) is 0.750. The smallest absolute Gasteiger partial charge is 0.0831 e. The lowest BCUT2D eigenvalue weighted by Gasteiger charge is -2.20. The first-order valence-electron chi connectivity index (χ1n) is 3.67. The molecule has 0 saturated heterocycles. The molecule has 10 heavy (non-hydrogen) atoms. The zero-order chi connectivity index (χ0) is 8.36. The lowest BCUT2D eigenvalue weighted by Crippen LogP contribution is -2.36. The molecular weight excluding hydrogens is 140 g/mol. The molecule has 0 aromatic rings. The van der Waals surface area contributed by atoms with E-state index in [4.69, 9.17) is 0 Å². The minimum atomic E-state index is -1.34. The molecule has 0 spiro atoms. The second-order valence-electron chi connectivity index (χ2n) is 4.05. The van der Waals surface area contributed by atoms with Gasteiger partial charge in [0.05, 0.1) is 13.8 Å². The van der Waals surface area contributed by atoms with Crippen molar-refractivity contribution < 1.29 is 5.11 Å². The van der Waals surface area contributed by atoms with E-state index in [0.29, 0.717) is 0 Å². The maximum atomic E-state index is 9.54. The Kier molecular flexibility index (Phi) is 3.32. The van der Waals surface area contributed by atoms with Gasteiger partial charge in [0.25, 0.3) is 0 Å². The van der Waals surface area contributed by atoms with E-state index < -0.39 is 8.07 Å². The average Bonchev–Trinajstić information content (AvgIpc) is 1.60. The lowest BCUT2D eigenvalue weighted by atomic mass is 10.3. The summed E-state index contributed by atoms with van der Waals surface area (Å²) in [6.07, 6.45) is 1.95. The summed E-state index contributed by atoms with van der Waals surface area (Å²) in [5, 5.41) is 9.54. The number of hydrogen-bond acceptors (Lipinski definition) is 1. The van der Waals surface area contributed by atoms with Crippen LogP contribution in [0, 0.1) is 0 Å². The largest absolute Gasteiger partial charge is 0.393 e. The van der Waals surface area contributed by atoms with Crippen LogP contribution in [0.4, 0.5) is 0 Å². The van der Waals surface area contributed by atoms with Gasteiger partial charge in [0.1, 0.15) is 0 Å². The summed E-state index contributed by atoms with van der Waals surface area (Å²) in [6, 6.07) is 0. The van der Waals surface area contributed by atoms with Crippen molar-refractivity contribution in [3.05, 3.63) is 11.6 Å². The van der Waals surface area contributed by atoms with Crippen LogP contribution in [0.15, 0.2) is 11.6 Å². The summed E-state index contributed by atoms with van der Waals surface area (Å²) in [7, 11) is -1.34. The van der Waals surface area contributed by atoms with Crippen molar-refractivity contribution in [2.24, 2.45) is 0 Å². The Balaban J connectivity index is 4.11. The first-order chi connectivity index (χ1) is 4.34. The quantitative estimate of drug-likeness (QED) is 0.482. The topological polar surface area (TPSA) is 20.2 Å². The molecule has 0 aromatic carbocycles. The van der Waals surface area contributed by atoms with Gasteiger partial charge < -0.3 is 5.11 Å². The minimum absolute atomic E-state index is 0.183. The summed E-state index contributed by atoms with van der Waals surface area (Å²) in [5.41, 5.74) is 1.02. The van der Waals surface area contributed by atoms with Crippen molar-refractivity contribution in [2.45, 2.75) is 39.2 Å². The lowest BCUT2D eigenvalue weighted by molar-refractivity contribution is 0.290. The third-order valence-electron chi connectivity index (χ3n) is 1.38. The fourth-order valence-electron chi connectivity index (χ4n) is 0.566. The number of allylic oxidation sites excluding steroid dienone is 1. The number of rotatable bonds is 2. The molecule has 0 aliphatic carbocycles. The number of aliphatic hydroxyl groups excluding tert-OH is 1. The van der Waals surface area contributed by atoms with Crippen molar-refractivity contribution in [2.75, 3.05) is 0 Å². The van der Waals surface area contributed by atoms with E-state index in [1.807, 2.05) is 19.9 Å². The van der Waals surface area contributed by atoms with Crippen LogP contribution in [0.3, 0.4) is 0 Å². The molecule has 1 nitrogen and oxygen atoms in total. The zero-order valence-electron chi connectivity index (χ0n) is 7.60. The molecular formula is C8H18OSi. The molecule has 0 fully saturated rings. The van der Waals surface area contributed by atoms with Crippen LogP contribution in [0.2, 0.25) is 19.6 Å². The van der Waals surface area contributed by atoms with Crippen molar-refractivity contribution in [1.82, 2.24) is 0 Å². The highest BCUT2D eigenvalue weighted by Gasteiger charge is 2.21. The monoisotopic (exact) mass is 158 g/mol. The predicted molar refractivity (Wildman–Crippen MR) is 48.8 cm³/mol. The molecule has 0 heterocycles. The summed E-state index contributed by atoms with van der Waals surface area (Å²) < 4.78 is 0. The Labute approximate surface area is 64.8 Å². The second kappa shape index (κ2) is 3.35. The van der Waals surface area contributed by atoms with Gasteiger partial charge in [-0.3, -0.25) is 0 Å². The molecule has 60 valence electrons. The first kappa shape index (κ1) is 9.92. The Morgan fingerprint density at radius 2 is 1.70 bits per heavy atom. The average molecular weight is 158 g/mol. The van der Waals surface area contributed by atoms with Crippen LogP contribution in [-0.2, 0) is 0 Å². The van der Waals surface area contributed by atoms with Crippen molar-refractivity contribution in [3.8, 4) is 0 Å². The summed E-state index contributed by atoms with van der Waals surface area (Å²) >= 11 is 0.